The van der Waals surface area contributed by atoms with Crippen molar-refractivity contribution in [1.82, 2.24) is 9.47 Å². The van der Waals surface area contributed by atoms with Crippen molar-refractivity contribution < 1.29 is 28.2 Å². The van der Waals surface area contributed by atoms with E-state index >= 15 is 4.39 Å². The number of hydrogen-bond donors (Lipinski definition) is 1. The molecule has 218 valence electrons. The monoisotopic (exact) mass is 583 g/mol. The van der Waals surface area contributed by atoms with Gasteiger partial charge in [0.15, 0.2) is 0 Å². The van der Waals surface area contributed by atoms with Crippen LogP contribution in [0.5, 0.6) is 0 Å². The first kappa shape index (κ1) is 29.1. The quantitative estimate of drug-likeness (QED) is 0.354. The third-order valence-electron chi connectivity index (χ3n) is 8.30. The minimum atomic E-state index is -0.606. The van der Waals surface area contributed by atoms with Crippen molar-refractivity contribution in [2.75, 3.05) is 25.6 Å². The van der Waals surface area contributed by atoms with E-state index in [1.807, 2.05) is 35.9 Å². The lowest BCUT2D eigenvalue weighted by Gasteiger charge is -2.30. The molecule has 41 heavy (non-hydrogen) atoms. The molecule has 0 spiro atoms. The van der Waals surface area contributed by atoms with Crippen LogP contribution in [0, 0.1) is 11.7 Å². The average Bonchev–Trinajstić information content (AvgIpc) is 3.59. The van der Waals surface area contributed by atoms with Gasteiger partial charge in [0, 0.05) is 30.7 Å². The third kappa shape index (κ3) is 6.41. The van der Waals surface area contributed by atoms with Crippen molar-refractivity contribution in [3.63, 3.8) is 0 Å². The van der Waals surface area contributed by atoms with Crippen LogP contribution < -0.4 is 5.32 Å². The number of anilines is 1. The Bertz CT molecular complexity index is 1450. The number of aromatic nitrogens is 1. The molecule has 2 aliphatic rings. The van der Waals surface area contributed by atoms with Crippen LogP contribution in [0.4, 0.5) is 10.1 Å². The maximum Gasteiger partial charge on any atom is 0.308 e. The van der Waals surface area contributed by atoms with E-state index in [4.69, 9.17) is 21.1 Å². The molecule has 2 fully saturated rings. The molecule has 0 bridgehead atoms. The number of fused-ring (bicyclic) bond motifs is 1. The normalized spacial score (nSPS) is 20.8. The van der Waals surface area contributed by atoms with E-state index in [-0.39, 0.29) is 52.6 Å². The summed E-state index contributed by atoms with van der Waals surface area (Å²) in [7, 11) is 3.27. The van der Waals surface area contributed by atoms with Gasteiger partial charge in [-0.1, -0.05) is 29.8 Å². The average molecular weight is 584 g/mol. The molecular weight excluding hydrogens is 549 g/mol. The molecule has 5 rings (SSSR count). The summed E-state index contributed by atoms with van der Waals surface area (Å²) in [5, 5.41) is 3.65. The van der Waals surface area contributed by atoms with Crippen LogP contribution in [0.2, 0.25) is 5.02 Å². The van der Waals surface area contributed by atoms with Gasteiger partial charge in [0.2, 0.25) is 5.91 Å². The predicted molar refractivity (Wildman–Crippen MR) is 154 cm³/mol. The second-order valence-corrected chi connectivity index (χ2v) is 11.3. The Balaban J connectivity index is 1.18. The van der Waals surface area contributed by atoms with E-state index in [2.05, 4.69) is 5.32 Å². The highest BCUT2D eigenvalue weighted by atomic mass is 35.5. The van der Waals surface area contributed by atoms with Gasteiger partial charge >= 0.3 is 5.97 Å². The molecule has 1 saturated heterocycles. The minimum absolute atomic E-state index is 0.0568. The topological polar surface area (TPSA) is 89.9 Å². The Kier molecular flexibility index (Phi) is 8.94. The summed E-state index contributed by atoms with van der Waals surface area (Å²) in [5.41, 5.74) is 1.68. The van der Waals surface area contributed by atoms with Crippen LogP contribution in [-0.4, -0.2) is 59.7 Å². The van der Waals surface area contributed by atoms with Crippen molar-refractivity contribution in [2.45, 2.75) is 57.1 Å². The lowest BCUT2D eigenvalue weighted by Crippen LogP contribution is -2.40. The van der Waals surface area contributed by atoms with Crippen molar-refractivity contribution in [2.24, 2.45) is 13.0 Å². The molecule has 2 amide bonds. The van der Waals surface area contributed by atoms with E-state index in [1.54, 1.807) is 11.1 Å². The molecule has 1 aliphatic heterocycles. The van der Waals surface area contributed by atoms with E-state index in [1.165, 1.54) is 19.2 Å². The van der Waals surface area contributed by atoms with Gasteiger partial charge in [-0.3, -0.25) is 14.4 Å². The molecule has 1 N–H and O–H groups in total. The Morgan fingerprint density at radius 3 is 2.61 bits per heavy atom. The van der Waals surface area contributed by atoms with Gasteiger partial charge in [-0.05, 0) is 62.3 Å². The number of halogens is 2. The lowest BCUT2D eigenvalue weighted by atomic mass is 9.87. The lowest BCUT2D eigenvalue weighted by molar-refractivity contribution is -0.148. The number of methoxy groups -OCH3 is 1. The molecule has 8 nitrogen and oxygen atoms in total. The van der Waals surface area contributed by atoms with Gasteiger partial charge in [0.25, 0.3) is 5.91 Å². The van der Waals surface area contributed by atoms with Gasteiger partial charge in [-0.2, -0.15) is 0 Å². The highest BCUT2D eigenvalue weighted by molar-refractivity contribution is 6.34. The summed E-state index contributed by atoms with van der Waals surface area (Å²) in [6.07, 6.45) is 6.38. The number of nitrogens with zero attached hydrogens (tertiary/aromatic N) is 2. The minimum Gasteiger partial charge on any atom is -0.469 e. The van der Waals surface area contributed by atoms with Crippen LogP contribution in [0.3, 0.4) is 0 Å². The predicted octanol–water partition coefficient (Wildman–Crippen LogP) is 5.51. The fourth-order valence-corrected chi connectivity index (χ4v) is 6.25. The van der Waals surface area contributed by atoms with Crippen LogP contribution in [0.25, 0.3) is 10.9 Å². The molecule has 1 aliphatic carbocycles. The number of para-hydroxylation sites is 1. The highest BCUT2D eigenvalue weighted by Crippen LogP contribution is 2.30. The number of rotatable bonds is 8. The summed E-state index contributed by atoms with van der Waals surface area (Å²) in [4.78, 5) is 39.7. The highest BCUT2D eigenvalue weighted by Gasteiger charge is 2.32. The number of hydrogen-bond acceptors (Lipinski definition) is 5. The number of amides is 2. The van der Waals surface area contributed by atoms with Gasteiger partial charge in [-0.25, -0.2) is 4.39 Å². The van der Waals surface area contributed by atoms with Crippen LogP contribution >= 0.6 is 11.6 Å². The Labute approximate surface area is 243 Å². The van der Waals surface area contributed by atoms with Crippen molar-refractivity contribution >= 4 is 46.0 Å². The molecule has 1 atom stereocenters. The molecule has 2 aromatic carbocycles. The standard InChI is InChI=1S/C31H35ClFN3O5/c1-35-17-24(23-7-3-4-8-28(23)35)30(38)34-27-16-26(33)20(14-25(27)32)15-29(37)36-13-5-6-21(36)18-41-22-11-9-19(10-12-22)31(39)40-2/h3-4,7-8,14,16-17,19,21-22H,5-6,9-13,15,18H2,1-2H3,(H,34,38). The van der Waals surface area contributed by atoms with Crippen molar-refractivity contribution in [3.8, 4) is 0 Å². The third-order valence-corrected chi connectivity index (χ3v) is 8.61. The first-order valence-corrected chi connectivity index (χ1v) is 14.4. The molecule has 1 saturated carbocycles. The van der Waals surface area contributed by atoms with E-state index in [9.17, 15) is 14.4 Å². The molecule has 10 heteroatoms. The van der Waals surface area contributed by atoms with E-state index < -0.39 is 11.7 Å². The Hall–Kier alpha value is -3.43. The first-order valence-electron chi connectivity index (χ1n) is 14.1. The van der Waals surface area contributed by atoms with Crippen LogP contribution in [0.15, 0.2) is 42.6 Å². The van der Waals surface area contributed by atoms with Gasteiger partial charge in [0.05, 0.1) is 54.5 Å². The largest absolute Gasteiger partial charge is 0.469 e. The molecule has 1 aromatic heterocycles. The second kappa shape index (κ2) is 12.6. The van der Waals surface area contributed by atoms with Gasteiger partial charge in [0.1, 0.15) is 5.82 Å². The van der Waals surface area contributed by atoms with E-state index in [0.29, 0.717) is 18.7 Å². The number of aryl methyl sites for hydroxylation is 1. The number of likely N-dealkylation sites (tertiary alicyclic amines) is 1. The number of nitrogens with one attached hydrogen (secondary N) is 1. The van der Waals surface area contributed by atoms with Gasteiger partial charge in [-0.15, -0.1) is 0 Å². The van der Waals surface area contributed by atoms with Gasteiger partial charge < -0.3 is 24.3 Å². The SMILES string of the molecule is COC(=O)C1CCC(OCC2CCCN2C(=O)Cc2cc(Cl)c(NC(=O)c3cn(C)c4ccccc34)cc2F)CC1. The van der Waals surface area contributed by atoms with Crippen LogP contribution in [-0.2, 0) is 32.5 Å². The maximum atomic E-state index is 15.1. The van der Waals surface area contributed by atoms with Crippen LogP contribution in [0.1, 0.15) is 54.4 Å². The first-order chi connectivity index (χ1) is 19.7. The zero-order valence-electron chi connectivity index (χ0n) is 23.3. The number of ether oxygens (including phenoxy) is 2. The van der Waals surface area contributed by atoms with E-state index in [0.717, 1.165) is 49.4 Å². The fraction of sp³-hybridized carbons (Fsp3) is 0.452. The second-order valence-electron chi connectivity index (χ2n) is 10.9. The Morgan fingerprint density at radius 2 is 1.85 bits per heavy atom. The molecule has 2 heterocycles. The number of esters is 1. The zero-order valence-corrected chi connectivity index (χ0v) is 24.1. The summed E-state index contributed by atoms with van der Waals surface area (Å²) in [6, 6.07) is 10.0. The van der Waals surface area contributed by atoms with Crippen molar-refractivity contribution in [1.29, 1.82) is 0 Å². The summed E-state index contributed by atoms with van der Waals surface area (Å²) >= 11 is 6.44. The molecule has 0 radical (unpaired) electrons. The smallest absolute Gasteiger partial charge is 0.308 e. The summed E-state index contributed by atoms with van der Waals surface area (Å²) in [6.45, 7) is 1.01. The molecule has 1 unspecified atom stereocenters. The summed E-state index contributed by atoms with van der Waals surface area (Å²) in [5.74, 6) is -1.42. The number of carbonyl (C=O) groups is 3. The molecule has 3 aromatic rings. The zero-order chi connectivity index (χ0) is 29.1. The Morgan fingerprint density at radius 1 is 1.10 bits per heavy atom. The fourth-order valence-electron chi connectivity index (χ4n) is 6.01. The number of carbonyl (C=O) groups excluding carboxylic acids is 3. The molecular formula is C31H35ClFN3O5. The number of benzene rings is 2. The summed E-state index contributed by atoms with van der Waals surface area (Å²) < 4.78 is 28.0. The maximum absolute atomic E-state index is 15.1. The van der Waals surface area contributed by atoms with Crippen molar-refractivity contribution in [3.05, 3.63) is 64.6 Å².